The van der Waals surface area contributed by atoms with E-state index in [4.69, 9.17) is 0 Å². The molecule has 0 spiro atoms. The van der Waals surface area contributed by atoms with Gasteiger partial charge in [-0.1, -0.05) is 29.8 Å². The first kappa shape index (κ1) is 14.9. The molecule has 1 fully saturated rings. The molecule has 0 aliphatic heterocycles. The Balaban J connectivity index is 1.97. The summed E-state index contributed by atoms with van der Waals surface area (Å²) in [5, 5.41) is -0.811. The zero-order valence-corrected chi connectivity index (χ0v) is 12.8. The van der Waals surface area contributed by atoms with Crippen LogP contribution in [0.4, 0.5) is 4.39 Å². The van der Waals surface area contributed by atoms with Gasteiger partial charge in [-0.05, 0) is 36.8 Å². The Morgan fingerprint density at radius 2 is 1.77 bits per heavy atom. The summed E-state index contributed by atoms with van der Waals surface area (Å²) in [5.74, 6) is -1.52. The molecule has 0 heterocycles. The van der Waals surface area contributed by atoms with E-state index in [-0.39, 0.29) is 4.90 Å². The maximum atomic E-state index is 13.3. The Morgan fingerprint density at radius 3 is 2.36 bits per heavy atom. The molecule has 1 aliphatic carbocycles. The maximum Gasteiger partial charge on any atom is 0.182 e. The van der Waals surface area contributed by atoms with E-state index >= 15 is 0 Å². The van der Waals surface area contributed by atoms with Crippen LogP contribution in [0.1, 0.15) is 17.0 Å². The van der Waals surface area contributed by atoms with Crippen molar-refractivity contribution in [1.82, 2.24) is 0 Å². The molecule has 2 aromatic rings. The second-order valence-electron chi connectivity index (χ2n) is 5.62. The Morgan fingerprint density at radius 1 is 1.09 bits per heavy atom. The second kappa shape index (κ2) is 5.32. The van der Waals surface area contributed by atoms with Gasteiger partial charge >= 0.3 is 0 Å². The molecule has 1 aliphatic rings. The monoisotopic (exact) mass is 318 g/mol. The molecule has 3 rings (SSSR count). The number of hydrogen-bond donors (Lipinski definition) is 0. The number of sulfone groups is 1. The standard InChI is InChI=1S/C17H15FO3S/c1-11-5-7-14(8-6-11)22(20,21)17-15(10-19)16(17)12-3-2-4-13(18)9-12/h2-10,15-17H,1H3/t15-,16+,17+/m1/s1. The van der Waals surface area contributed by atoms with E-state index in [1.807, 2.05) is 6.92 Å². The molecule has 22 heavy (non-hydrogen) atoms. The van der Waals surface area contributed by atoms with Crippen LogP contribution in [0.3, 0.4) is 0 Å². The van der Waals surface area contributed by atoms with Gasteiger partial charge in [0, 0.05) is 11.8 Å². The van der Waals surface area contributed by atoms with Gasteiger partial charge in [-0.25, -0.2) is 12.8 Å². The summed E-state index contributed by atoms with van der Waals surface area (Å²) in [7, 11) is -3.61. The zero-order chi connectivity index (χ0) is 15.9. The molecule has 0 aromatic heterocycles. The van der Waals surface area contributed by atoms with E-state index < -0.39 is 32.7 Å². The maximum absolute atomic E-state index is 13.3. The fourth-order valence-electron chi connectivity index (χ4n) is 2.88. The smallest absolute Gasteiger partial charge is 0.182 e. The average molecular weight is 318 g/mol. The molecule has 2 aromatic carbocycles. The summed E-state index contributed by atoms with van der Waals surface area (Å²) in [6.07, 6.45) is 0.659. The highest BCUT2D eigenvalue weighted by molar-refractivity contribution is 7.92. The predicted octanol–water partition coefficient (Wildman–Crippen LogP) is 2.89. The SMILES string of the molecule is Cc1ccc(S(=O)(=O)[C@H]2[C@H](C=O)[C@@H]2c2cccc(F)c2)cc1. The fraction of sp³-hybridized carbons (Fsp3) is 0.235. The number of rotatable bonds is 4. The summed E-state index contributed by atoms with van der Waals surface area (Å²) in [6.45, 7) is 1.87. The minimum atomic E-state index is -3.61. The highest BCUT2D eigenvalue weighted by atomic mass is 32.2. The average Bonchev–Trinajstić information content (AvgIpc) is 3.23. The van der Waals surface area contributed by atoms with E-state index in [1.165, 1.54) is 18.2 Å². The second-order valence-corrected chi connectivity index (χ2v) is 7.72. The quantitative estimate of drug-likeness (QED) is 0.815. The molecule has 0 bridgehead atoms. The lowest BCUT2D eigenvalue weighted by Gasteiger charge is -2.05. The normalized spacial score (nSPS) is 24.0. The largest absolute Gasteiger partial charge is 0.303 e. The Kier molecular flexibility index (Phi) is 3.60. The summed E-state index contributed by atoms with van der Waals surface area (Å²) in [5.41, 5.74) is 1.51. The van der Waals surface area contributed by atoms with Crippen molar-refractivity contribution in [2.24, 2.45) is 5.92 Å². The Labute approximate surface area is 128 Å². The van der Waals surface area contributed by atoms with Crippen molar-refractivity contribution in [3.63, 3.8) is 0 Å². The topological polar surface area (TPSA) is 51.2 Å². The molecule has 114 valence electrons. The Bertz CT molecular complexity index is 812. The lowest BCUT2D eigenvalue weighted by molar-refractivity contribution is -0.108. The van der Waals surface area contributed by atoms with Gasteiger partial charge in [-0.2, -0.15) is 0 Å². The van der Waals surface area contributed by atoms with Crippen molar-refractivity contribution in [1.29, 1.82) is 0 Å². The minimum Gasteiger partial charge on any atom is -0.303 e. The molecule has 1 saturated carbocycles. The molecule has 0 N–H and O–H groups in total. The van der Waals surface area contributed by atoms with Crippen LogP contribution in [0, 0.1) is 18.7 Å². The number of benzene rings is 2. The zero-order valence-electron chi connectivity index (χ0n) is 11.9. The van der Waals surface area contributed by atoms with Crippen LogP contribution in [0.2, 0.25) is 0 Å². The van der Waals surface area contributed by atoms with Crippen molar-refractivity contribution in [2.45, 2.75) is 23.0 Å². The molecular formula is C17H15FO3S. The molecule has 5 heteroatoms. The number of carbonyl (C=O) groups is 1. The van der Waals surface area contributed by atoms with Crippen LogP contribution in [0.15, 0.2) is 53.4 Å². The minimum absolute atomic E-state index is 0.203. The fourth-order valence-corrected chi connectivity index (χ4v) is 4.99. The summed E-state index contributed by atoms with van der Waals surface area (Å²) in [6, 6.07) is 12.3. The first-order valence-corrected chi connectivity index (χ1v) is 8.51. The van der Waals surface area contributed by atoms with Gasteiger partial charge in [0.1, 0.15) is 12.1 Å². The van der Waals surface area contributed by atoms with Crippen LogP contribution in [-0.2, 0) is 14.6 Å². The van der Waals surface area contributed by atoms with Crippen molar-refractivity contribution >= 4 is 16.1 Å². The number of carbonyl (C=O) groups excluding carboxylic acids is 1. The van der Waals surface area contributed by atoms with Crippen LogP contribution in [0.25, 0.3) is 0 Å². The van der Waals surface area contributed by atoms with Gasteiger partial charge in [-0.15, -0.1) is 0 Å². The van der Waals surface area contributed by atoms with Crippen molar-refractivity contribution in [3.05, 3.63) is 65.5 Å². The number of aryl methyl sites for hydroxylation is 1. The Hall–Kier alpha value is -2.01. The highest BCUT2D eigenvalue weighted by Gasteiger charge is 2.59. The van der Waals surface area contributed by atoms with Crippen LogP contribution in [0.5, 0.6) is 0 Å². The van der Waals surface area contributed by atoms with Gasteiger partial charge in [0.25, 0.3) is 0 Å². The van der Waals surface area contributed by atoms with Crippen molar-refractivity contribution < 1.29 is 17.6 Å². The van der Waals surface area contributed by atoms with Gasteiger partial charge < -0.3 is 4.79 Å². The first-order valence-electron chi connectivity index (χ1n) is 6.96. The van der Waals surface area contributed by atoms with Gasteiger partial charge in [-0.3, -0.25) is 0 Å². The molecule has 0 saturated heterocycles. The van der Waals surface area contributed by atoms with Crippen molar-refractivity contribution in [3.8, 4) is 0 Å². The summed E-state index contributed by atoms with van der Waals surface area (Å²) >= 11 is 0. The van der Waals surface area contributed by atoms with Gasteiger partial charge in [0.15, 0.2) is 9.84 Å². The van der Waals surface area contributed by atoms with E-state index in [1.54, 1.807) is 30.3 Å². The lowest BCUT2D eigenvalue weighted by Crippen LogP contribution is -2.11. The lowest BCUT2D eigenvalue weighted by atomic mass is 10.1. The molecule has 0 unspecified atom stereocenters. The molecule has 3 atom stereocenters. The highest BCUT2D eigenvalue weighted by Crippen LogP contribution is 2.52. The molecule has 0 radical (unpaired) electrons. The van der Waals surface area contributed by atoms with E-state index in [2.05, 4.69) is 0 Å². The first-order chi connectivity index (χ1) is 10.4. The number of aldehydes is 1. The third-order valence-electron chi connectivity index (χ3n) is 4.11. The van der Waals surface area contributed by atoms with Crippen LogP contribution < -0.4 is 0 Å². The van der Waals surface area contributed by atoms with E-state index in [0.717, 1.165) is 5.56 Å². The van der Waals surface area contributed by atoms with E-state index in [9.17, 15) is 17.6 Å². The van der Waals surface area contributed by atoms with Crippen LogP contribution >= 0.6 is 0 Å². The van der Waals surface area contributed by atoms with Gasteiger partial charge in [0.05, 0.1) is 10.1 Å². The van der Waals surface area contributed by atoms with Crippen molar-refractivity contribution in [2.75, 3.05) is 0 Å². The van der Waals surface area contributed by atoms with E-state index in [0.29, 0.717) is 11.8 Å². The third kappa shape index (κ3) is 2.46. The predicted molar refractivity (Wildman–Crippen MR) is 80.8 cm³/mol. The molecular weight excluding hydrogens is 303 g/mol. The molecule has 0 amide bonds. The van der Waals surface area contributed by atoms with Crippen LogP contribution in [-0.4, -0.2) is 20.0 Å². The molecule has 3 nitrogen and oxygen atoms in total. The number of halogens is 1. The summed E-state index contributed by atoms with van der Waals surface area (Å²) < 4.78 is 38.7. The third-order valence-corrected chi connectivity index (χ3v) is 6.36. The number of hydrogen-bond acceptors (Lipinski definition) is 3. The van der Waals surface area contributed by atoms with Gasteiger partial charge in [0.2, 0.25) is 0 Å². The summed E-state index contributed by atoms with van der Waals surface area (Å²) in [4.78, 5) is 11.4.